The van der Waals surface area contributed by atoms with Crippen LogP contribution in [0, 0.1) is 0 Å². The van der Waals surface area contributed by atoms with Crippen molar-refractivity contribution in [1.82, 2.24) is 0 Å². The maximum Gasteiger partial charge on any atom is 0.474 e. The number of rotatable bonds is 2. The minimum absolute atomic E-state index is 0.0679. The van der Waals surface area contributed by atoms with Gasteiger partial charge in [0.1, 0.15) is 0 Å². The molecule has 0 amide bonds. The molecule has 1 aromatic heterocycles. The molecule has 0 fully saturated rings. The molecule has 0 N–H and O–H groups in total. The first-order chi connectivity index (χ1) is 3.93. The van der Waals surface area contributed by atoms with E-state index in [9.17, 15) is 0 Å². The first-order valence-corrected chi connectivity index (χ1v) is 8.29. The molecular weight excluding hydrogens is 196 g/mol. The van der Waals surface area contributed by atoms with E-state index in [0.717, 1.165) is 0 Å². The van der Waals surface area contributed by atoms with Crippen molar-refractivity contribution in [3.63, 3.8) is 0 Å². The van der Waals surface area contributed by atoms with Crippen molar-refractivity contribution in [2.75, 3.05) is 0 Å². The molecule has 0 bridgehead atoms. The lowest BCUT2D eigenvalue weighted by atomic mass is 10.5. The maximum absolute atomic E-state index is 3.52. The highest BCUT2D eigenvalue weighted by Gasteiger charge is 1.92. The Balaban J connectivity index is 2.50. The first kappa shape index (κ1) is 7.06. The average molecular weight is 201 g/mol. The Hall–Kier alpha value is 0.946. The van der Waals surface area contributed by atoms with Gasteiger partial charge < -0.3 is 12.9 Å². The molecule has 0 radical (unpaired) electrons. The number of thiophene rings is 1. The molecule has 0 aliphatic heterocycles. The van der Waals surface area contributed by atoms with Crippen molar-refractivity contribution < 1.29 is 0 Å². The Bertz CT molecular complexity index is 138. The molecule has 0 aliphatic carbocycles. The van der Waals surface area contributed by atoms with E-state index >= 15 is 0 Å². The summed E-state index contributed by atoms with van der Waals surface area (Å²) in [6, 6.07) is 4.30. The van der Waals surface area contributed by atoms with Gasteiger partial charge in [0.15, 0.2) is 0 Å². The third-order valence-corrected chi connectivity index (χ3v) is 4.14. The first-order valence-electron chi connectivity index (χ1n) is 2.52. The minimum Gasteiger partial charge on any atom is -0.306 e. The van der Waals surface area contributed by atoms with Crippen molar-refractivity contribution in [2.45, 2.75) is 4.55 Å². The zero-order valence-corrected chi connectivity index (χ0v) is 8.25. The number of hydrogen-bond acceptors (Lipinski definition) is 1. The van der Waals surface area contributed by atoms with Crippen molar-refractivity contribution in [2.24, 2.45) is 0 Å². The van der Waals surface area contributed by atoms with Gasteiger partial charge in [0.2, 0.25) is 0 Å². The van der Waals surface area contributed by atoms with E-state index in [1.165, 1.54) is 9.43 Å². The molecule has 0 saturated carbocycles. The molecule has 0 nitrogen and oxygen atoms in total. The smallest absolute Gasteiger partial charge is 0.306 e. The molecule has 0 saturated heterocycles. The van der Waals surface area contributed by atoms with Crippen LogP contribution in [-0.4, -0.2) is 18.2 Å². The van der Waals surface area contributed by atoms with Crippen LogP contribution in [0.4, 0.5) is 0 Å². The van der Waals surface area contributed by atoms with Gasteiger partial charge in [-0.2, -0.15) is 11.3 Å². The lowest BCUT2D eigenvalue weighted by Crippen LogP contribution is -1.81. The van der Waals surface area contributed by atoms with Crippen LogP contribution >= 0.6 is 24.2 Å². The van der Waals surface area contributed by atoms with Crippen molar-refractivity contribution in [3.8, 4) is 0 Å². The lowest BCUT2D eigenvalue weighted by molar-refractivity contribution is 1.53. The highest BCUT2D eigenvalue weighted by molar-refractivity contribution is 9.23. The van der Waals surface area contributed by atoms with E-state index in [-0.39, 0.29) is 18.2 Å². The minimum atomic E-state index is 0.0679. The summed E-state index contributed by atoms with van der Waals surface area (Å²) in [5.74, 6) is 0. The van der Waals surface area contributed by atoms with Crippen LogP contribution in [0.5, 0.6) is 0 Å². The van der Waals surface area contributed by atoms with E-state index in [1.54, 1.807) is 0 Å². The van der Waals surface area contributed by atoms with Gasteiger partial charge in [0, 0.05) is 0 Å². The van der Waals surface area contributed by atoms with Gasteiger partial charge in [-0.1, -0.05) is 16.7 Å². The van der Waals surface area contributed by atoms with Crippen LogP contribution in [0.3, 0.4) is 0 Å². The van der Waals surface area contributed by atoms with Gasteiger partial charge in [-0.25, -0.2) is 0 Å². The van der Waals surface area contributed by atoms with Crippen LogP contribution in [0.2, 0.25) is 0 Å². The van der Waals surface area contributed by atoms with Gasteiger partial charge in [-0.3, -0.25) is 0 Å². The summed E-state index contributed by atoms with van der Waals surface area (Å²) in [6.45, 7) is 0. The molecule has 1 aromatic rings. The Morgan fingerprint density at radius 3 is 3.12 bits per heavy atom. The fourth-order valence-electron chi connectivity index (χ4n) is 0.548. The number of halogens is 1. The average Bonchev–Trinajstić information content (AvgIpc) is 2.19. The molecule has 0 aliphatic rings. The van der Waals surface area contributed by atoms with E-state index < -0.39 is 0 Å². The highest BCUT2D eigenvalue weighted by Crippen LogP contribution is 2.08. The van der Waals surface area contributed by atoms with Crippen molar-refractivity contribution in [3.05, 3.63) is 22.4 Å². The monoisotopic (exact) mass is 200 g/mol. The zero-order chi connectivity index (χ0) is 5.82. The predicted octanol–water partition coefficient (Wildman–Crippen LogP) is 2.26. The van der Waals surface area contributed by atoms with Gasteiger partial charge in [-0.05, 0) is 10.3 Å². The molecule has 3 heteroatoms. The Kier molecular flexibility index (Phi) is 3.42. The predicted molar refractivity (Wildman–Crippen MR) is 42.7 cm³/mol. The quantitative estimate of drug-likeness (QED) is 0.644. The van der Waals surface area contributed by atoms with E-state index in [2.05, 4.69) is 30.4 Å². The topological polar surface area (TPSA) is 0 Å². The summed E-state index contributed by atoms with van der Waals surface area (Å²) >= 11 is 5.44. The van der Waals surface area contributed by atoms with Crippen LogP contribution in [0.1, 0.15) is 4.88 Å². The standard InChI is InChI=1S/C5H5S.BrH.Mg/c1-5-3-2-4-6-5;;/h2-4H,1H2;1H;/q;;+1/p-1. The SMILES string of the molecule is [Br][Mg][CH2]c1cccs1. The van der Waals surface area contributed by atoms with Crippen LogP contribution in [0.25, 0.3) is 0 Å². The summed E-state index contributed by atoms with van der Waals surface area (Å²) in [7, 11) is 0. The molecule has 0 aromatic carbocycles. The Morgan fingerprint density at radius 2 is 2.62 bits per heavy atom. The Morgan fingerprint density at radius 1 is 1.75 bits per heavy atom. The second-order valence-electron chi connectivity index (χ2n) is 1.52. The summed E-state index contributed by atoms with van der Waals surface area (Å²) in [5, 5.41) is 2.13. The highest BCUT2D eigenvalue weighted by atomic mass is 79.9. The largest absolute Gasteiger partial charge is 0.474 e. The van der Waals surface area contributed by atoms with Crippen LogP contribution in [-0.2, 0) is 4.55 Å². The van der Waals surface area contributed by atoms with Crippen molar-refractivity contribution in [1.29, 1.82) is 0 Å². The maximum atomic E-state index is 3.52. The fraction of sp³-hybridized carbons (Fsp3) is 0.200. The second-order valence-corrected chi connectivity index (χ2v) is 5.81. The third-order valence-electron chi connectivity index (χ3n) is 0.921. The van der Waals surface area contributed by atoms with Gasteiger partial charge in [0.05, 0.1) is 0 Å². The molecule has 40 valence electrons. The lowest BCUT2D eigenvalue weighted by Gasteiger charge is -1.82. The summed E-state index contributed by atoms with van der Waals surface area (Å²) < 4.78 is 1.30. The second kappa shape index (κ2) is 3.88. The molecule has 0 atom stereocenters. The molecule has 8 heavy (non-hydrogen) atoms. The van der Waals surface area contributed by atoms with E-state index in [0.29, 0.717) is 0 Å². The van der Waals surface area contributed by atoms with E-state index in [4.69, 9.17) is 0 Å². The molecule has 1 rings (SSSR count). The Labute approximate surface area is 68.9 Å². The van der Waals surface area contributed by atoms with Gasteiger partial charge >= 0.3 is 18.2 Å². The molecule has 1 heterocycles. The summed E-state index contributed by atoms with van der Waals surface area (Å²) in [6.07, 6.45) is 0. The molecule has 0 unspecified atom stereocenters. The molecular formula is C5H5BrMgS. The summed E-state index contributed by atoms with van der Waals surface area (Å²) in [4.78, 5) is 1.52. The van der Waals surface area contributed by atoms with E-state index in [1.807, 2.05) is 11.3 Å². The summed E-state index contributed by atoms with van der Waals surface area (Å²) in [5.41, 5.74) is 0. The third kappa shape index (κ3) is 2.05. The van der Waals surface area contributed by atoms with Gasteiger partial charge in [0.25, 0.3) is 0 Å². The number of hydrogen-bond donors (Lipinski definition) is 0. The van der Waals surface area contributed by atoms with Gasteiger partial charge in [-0.15, -0.1) is 0 Å². The zero-order valence-electron chi connectivity index (χ0n) is 4.43. The normalized spacial score (nSPS) is 8.62. The van der Waals surface area contributed by atoms with Crippen LogP contribution < -0.4 is 0 Å². The fourth-order valence-corrected chi connectivity index (χ4v) is 4.24. The van der Waals surface area contributed by atoms with Crippen molar-refractivity contribution >= 4 is 42.4 Å². The van der Waals surface area contributed by atoms with Crippen LogP contribution in [0.15, 0.2) is 17.5 Å². The molecule has 0 spiro atoms.